The number of thiocarbonyl (C=S) groups is 1. The number of carbonyl (C=O) groups excluding carboxylic acids is 1. The normalized spacial score (nSPS) is 17.8. The lowest BCUT2D eigenvalue weighted by molar-refractivity contribution is -0.119. The summed E-state index contributed by atoms with van der Waals surface area (Å²) < 4.78 is 10.9. The Bertz CT molecular complexity index is 719. The lowest BCUT2D eigenvalue weighted by Crippen LogP contribution is -2.46. The second-order valence-electron chi connectivity index (χ2n) is 6.45. The van der Waals surface area contributed by atoms with Gasteiger partial charge in [0.1, 0.15) is 6.34 Å². The second kappa shape index (κ2) is 9.01. The highest BCUT2D eigenvalue weighted by atomic mass is 32.1. The largest absolute Gasteiger partial charge is 0.454 e. The van der Waals surface area contributed by atoms with Gasteiger partial charge in [-0.25, -0.2) is 0 Å². The fraction of sp³-hybridized carbons (Fsp3) is 0.500. The number of rotatable bonds is 5. The van der Waals surface area contributed by atoms with Crippen molar-refractivity contribution >= 4 is 29.6 Å². The molecule has 1 atom stereocenters. The average Bonchev–Trinajstić information content (AvgIpc) is 3.15. The first-order chi connectivity index (χ1) is 13.1. The summed E-state index contributed by atoms with van der Waals surface area (Å²) in [5, 5.41) is 6.86. The zero-order valence-corrected chi connectivity index (χ0v) is 16.4. The Morgan fingerprint density at radius 1 is 1.30 bits per heavy atom. The Kier molecular flexibility index (Phi) is 6.46. The predicted octanol–water partition coefficient (Wildman–Crippen LogP) is 1.44. The molecule has 2 heterocycles. The topological polar surface area (TPSA) is 78.4 Å². The van der Waals surface area contributed by atoms with E-state index in [2.05, 4.69) is 44.7 Å². The highest BCUT2D eigenvalue weighted by molar-refractivity contribution is 7.80. The molecule has 1 unspecified atom stereocenters. The van der Waals surface area contributed by atoms with E-state index in [-0.39, 0.29) is 11.0 Å². The highest BCUT2D eigenvalue weighted by Gasteiger charge is 2.23. The minimum Gasteiger partial charge on any atom is -0.454 e. The molecule has 1 fully saturated rings. The molecule has 9 heteroatoms. The van der Waals surface area contributed by atoms with Gasteiger partial charge in [0.25, 0.3) is 0 Å². The van der Waals surface area contributed by atoms with E-state index in [0.717, 1.165) is 37.7 Å². The number of hydrogen-bond acceptors (Lipinski definition) is 6. The van der Waals surface area contributed by atoms with Gasteiger partial charge in [-0.1, -0.05) is 13.0 Å². The van der Waals surface area contributed by atoms with Gasteiger partial charge in [-0.2, -0.15) is 5.10 Å². The van der Waals surface area contributed by atoms with Crippen LogP contribution in [0.2, 0.25) is 0 Å². The summed E-state index contributed by atoms with van der Waals surface area (Å²) >= 11 is 5.00. The molecule has 0 aromatic heterocycles. The van der Waals surface area contributed by atoms with Gasteiger partial charge in [-0.15, -0.1) is 0 Å². The van der Waals surface area contributed by atoms with Crippen molar-refractivity contribution in [3.05, 3.63) is 23.8 Å². The van der Waals surface area contributed by atoms with Gasteiger partial charge in [-0.3, -0.25) is 15.1 Å². The molecular formula is C18H25N5O3S. The molecular weight excluding hydrogens is 366 g/mol. The maximum atomic E-state index is 11.2. The molecule has 1 amide bonds. The molecule has 2 aliphatic heterocycles. The van der Waals surface area contributed by atoms with Crippen LogP contribution in [0.3, 0.4) is 0 Å². The molecule has 1 saturated heterocycles. The molecule has 0 saturated carbocycles. The van der Waals surface area contributed by atoms with Crippen LogP contribution in [0.15, 0.2) is 23.3 Å². The Balaban J connectivity index is 1.45. The van der Waals surface area contributed by atoms with Crippen molar-refractivity contribution in [3.8, 4) is 11.5 Å². The SMILES string of the molecule is CCC(=O)NC(=S)N/N=C/N1CCN(C(C)c2ccc3c(c2)OCO3)CC1. The van der Waals surface area contributed by atoms with E-state index in [1.807, 2.05) is 6.07 Å². The molecule has 146 valence electrons. The third kappa shape index (κ3) is 5.08. The van der Waals surface area contributed by atoms with Gasteiger partial charge in [0.2, 0.25) is 12.7 Å². The first kappa shape index (κ1) is 19.4. The average molecular weight is 391 g/mol. The number of nitrogens with zero attached hydrogens (tertiary/aromatic N) is 3. The lowest BCUT2D eigenvalue weighted by atomic mass is 10.1. The number of fused-ring (bicyclic) bond motifs is 1. The minimum absolute atomic E-state index is 0.131. The maximum Gasteiger partial charge on any atom is 0.231 e. The van der Waals surface area contributed by atoms with Crippen LogP contribution in [0.4, 0.5) is 0 Å². The first-order valence-corrected chi connectivity index (χ1v) is 9.48. The summed E-state index contributed by atoms with van der Waals surface area (Å²) in [6, 6.07) is 6.44. The number of carbonyl (C=O) groups is 1. The third-order valence-electron chi connectivity index (χ3n) is 4.74. The number of ether oxygens (including phenoxy) is 2. The number of piperazine rings is 1. The van der Waals surface area contributed by atoms with Gasteiger partial charge in [0, 0.05) is 38.6 Å². The van der Waals surface area contributed by atoms with Crippen LogP contribution in [0, 0.1) is 0 Å². The van der Waals surface area contributed by atoms with Gasteiger partial charge in [0.05, 0.1) is 0 Å². The van der Waals surface area contributed by atoms with E-state index >= 15 is 0 Å². The van der Waals surface area contributed by atoms with E-state index < -0.39 is 0 Å². The van der Waals surface area contributed by atoms with Crippen LogP contribution >= 0.6 is 12.2 Å². The van der Waals surface area contributed by atoms with E-state index in [1.54, 1.807) is 13.3 Å². The summed E-state index contributed by atoms with van der Waals surface area (Å²) in [6.07, 6.45) is 2.11. The van der Waals surface area contributed by atoms with E-state index in [0.29, 0.717) is 19.3 Å². The van der Waals surface area contributed by atoms with Crippen molar-refractivity contribution in [2.45, 2.75) is 26.3 Å². The van der Waals surface area contributed by atoms with Crippen molar-refractivity contribution in [3.63, 3.8) is 0 Å². The zero-order valence-electron chi connectivity index (χ0n) is 15.6. The standard InChI is InChI=1S/C18H25N5O3S/c1-3-17(24)20-18(27)21-19-11-22-6-8-23(9-7-22)13(2)14-4-5-15-16(10-14)26-12-25-15/h4-5,10-11,13H,3,6-9,12H2,1-2H3,(H2,20,21,24,27)/b19-11+. The molecule has 2 N–H and O–H groups in total. The summed E-state index contributed by atoms with van der Waals surface area (Å²) in [6.45, 7) is 7.87. The summed E-state index contributed by atoms with van der Waals surface area (Å²) in [5.74, 6) is 1.50. The minimum atomic E-state index is -0.131. The molecule has 3 rings (SSSR count). The van der Waals surface area contributed by atoms with Crippen molar-refractivity contribution in [1.29, 1.82) is 0 Å². The van der Waals surface area contributed by atoms with Crippen molar-refractivity contribution in [1.82, 2.24) is 20.5 Å². The smallest absolute Gasteiger partial charge is 0.231 e. The Labute approximate surface area is 164 Å². The molecule has 0 bridgehead atoms. The Hall–Kier alpha value is -2.39. The monoisotopic (exact) mass is 391 g/mol. The van der Waals surface area contributed by atoms with Gasteiger partial charge >= 0.3 is 0 Å². The fourth-order valence-electron chi connectivity index (χ4n) is 3.04. The van der Waals surface area contributed by atoms with Crippen molar-refractivity contribution in [2.75, 3.05) is 33.0 Å². The molecule has 27 heavy (non-hydrogen) atoms. The highest BCUT2D eigenvalue weighted by Crippen LogP contribution is 2.35. The molecule has 8 nitrogen and oxygen atoms in total. The van der Waals surface area contributed by atoms with E-state index in [9.17, 15) is 4.79 Å². The second-order valence-corrected chi connectivity index (χ2v) is 6.86. The van der Waals surface area contributed by atoms with E-state index in [1.165, 1.54) is 5.56 Å². The predicted molar refractivity (Wildman–Crippen MR) is 107 cm³/mol. The quantitative estimate of drug-likeness (QED) is 0.340. The van der Waals surface area contributed by atoms with Crippen LogP contribution in [0.5, 0.6) is 11.5 Å². The van der Waals surface area contributed by atoms with Crippen LogP contribution in [0.1, 0.15) is 31.9 Å². The van der Waals surface area contributed by atoms with E-state index in [4.69, 9.17) is 21.7 Å². The number of benzene rings is 1. The molecule has 0 spiro atoms. The number of amides is 1. The summed E-state index contributed by atoms with van der Waals surface area (Å²) in [7, 11) is 0. The molecule has 2 aliphatic rings. The van der Waals surface area contributed by atoms with Crippen molar-refractivity contribution < 1.29 is 14.3 Å². The van der Waals surface area contributed by atoms with Gasteiger partial charge < -0.3 is 19.7 Å². The number of nitrogens with one attached hydrogen (secondary N) is 2. The third-order valence-corrected chi connectivity index (χ3v) is 4.93. The van der Waals surface area contributed by atoms with Crippen molar-refractivity contribution in [2.24, 2.45) is 5.10 Å². The van der Waals surface area contributed by atoms with Crippen LogP contribution in [-0.2, 0) is 4.79 Å². The lowest BCUT2D eigenvalue weighted by Gasteiger charge is -2.37. The van der Waals surface area contributed by atoms with Crippen LogP contribution in [0.25, 0.3) is 0 Å². The molecule has 0 aliphatic carbocycles. The molecule has 1 aromatic carbocycles. The summed E-state index contributed by atoms with van der Waals surface area (Å²) in [5.41, 5.74) is 3.89. The number of hydrogen-bond donors (Lipinski definition) is 2. The first-order valence-electron chi connectivity index (χ1n) is 9.07. The maximum absolute atomic E-state index is 11.2. The molecule has 1 aromatic rings. The fourth-order valence-corrected chi connectivity index (χ4v) is 3.20. The Morgan fingerprint density at radius 3 is 2.78 bits per heavy atom. The molecule has 0 radical (unpaired) electrons. The summed E-state index contributed by atoms with van der Waals surface area (Å²) in [4.78, 5) is 15.8. The Morgan fingerprint density at radius 2 is 2.04 bits per heavy atom. The number of hydrazone groups is 1. The van der Waals surface area contributed by atoms with Crippen LogP contribution < -0.4 is 20.2 Å². The van der Waals surface area contributed by atoms with Gasteiger partial charge in [-0.05, 0) is 36.8 Å². The zero-order chi connectivity index (χ0) is 19.2. The van der Waals surface area contributed by atoms with Gasteiger partial charge in [0.15, 0.2) is 16.6 Å². The van der Waals surface area contributed by atoms with Crippen LogP contribution in [-0.4, -0.2) is 60.1 Å².